The Balaban J connectivity index is 2.06. The van der Waals surface area contributed by atoms with Crippen LogP contribution in [-0.2, 0) is 6.54 Å². The van der Waals surface area contributed by atoms with E-state index in [4.69, 9.17) is 0 Å². The molecule has 0 aliphatic heterocycles. The molecule has 1 aromatic carbocycles. The van der Waals surface area contributed by atoms with Crippen LogP contribution in [0, 0.1) is 19.8 Å². The third-order valence-electron chi connectivity index (χ3n) is 3.66. The third kappa shape index (κ3) is 4.22. The number of rotatable bonds is 5. The van der Waals surface area contributed by atoms with Crippen molar-refractivity contribution in [2.45, 2.75) is 34.2 Å². The number of aromatic hydroxyl groups is 1. The standard InChI is InChI=1S/C18H23N3O2/c1-12(2)11-21-13(3)9-16(14(21)4)10-19-20-18(23)15-5-7-17(22)8-6-15/h5-10,12,22H,11H2,1-4H3,(H,20,23)/b19-10-. The third-order valence-corrected chi connectivity index (χ3v) is 3.66. The molecule has 1 heterocycles. The van der Waals surface area contributed by atoms with Gasteiger partial charge in [-0.25, -0.2) is 5.43 Å². The molecule has 0 saturated heterocycles. The van der Waals surface area contributed by atoms with Crippen molar-refractivity contribution in [2.24, 2.45) is 11.0 Å². The molecule has 0 aliphatic rings. The molecular weight excluding hydrogens is 290 g/mol. The number of nitrogens with one attached hydrogen (secondary N) is 1. The first kappa shape index (κ1) is 16.8. The van der Waals surface area contributed by atoms with Gasteiger partial charge in [-0.2, -0.15) is 5.10 Å². The van der Waals surface area contributed by atoms with Crippen molar-refractivity contribution in [2.75, 3.05) is 0 Å². The molecule has 1 aromatic heterocycles. The molecule has 0 bridgehead atoms. The highest BCUT2D eigenvalue weighted by atomic mass is 16.3. The zero-order chi connectivity index (χ0) is 17.0. The first-order chi connectivity index (χ1) is 10.9. The molecule has 0 unspecified atom stereocenters. The summed E-state index contributed by atoms with van der Waals surface area (Å²) in [5.74, 6) is 0.388. The SMILES string of the molecule is Cc1cc(/C=N\NC(=O)c2ccc(O)cc2)c(C)n1CC(C)C. The second-order valence-corrected chi connectivity index (χ2v) is 6.08. The number of hydrazone groups is 1. The lowest BCUT2D eigenvalue weighted by atomic mass is 10.2. The van der Waals surface area contributed by atoms with Gasteiger partial charge in [-0.1, -0.05) is 13.8 Å². The molecule has 122 valence electrons. The highest BCUT2D eigenvalue weighted by Crippen LogP contribution is 2.15. The monoisotopic (exact) mass is 313 g/mol. The van der Waals surface area contributed by atoms with Crippen molar-refractivity contribution in [3.63, 3.8) is 0 Å². The fourth-order valence-electron chi connectivity index (χ4n) is 2.44. The average molecular weight is 313 g/mol. The topological polar surface area (TPSA) is 66.6 Å². The van der Waals surface area contributed by atoms with E-state index in [9.17, 15) is 9.90 Å². The molecule has 1 amide bonds. The minimum atomic E-state index is -0.308. The number of carbonyl (C=O) groups is 1. The van der Waals surface area contributed by atoms with Crippen molar-refractivity contribution in [1.29, 1.82) is 0 Å². The maximum atomic E-state index is 11.9. The molecule has 0 radical (unpaired) electrons. The van der Waals surface area contributed by atoms with Crippen LogP contribution in [-0.4, -0.2) is 21.8 Å². The van der Waals surface area contributed by atoms with Crippen LogP contribution in [0.2, 0.25) is 0 Å². The summed E-state index contributed by atoms with van der Waals surface area (Å²) in [5, 5.41) is 13.3. The van der Waals surface area contributed by atoms with E-state index >= 15 is 0 Å². The van der Waals surface area contributed by atoms with Gasteiger partial charge >= 0.3 is 0 Å². The Morgan fingerprint density at radius 1 is 1.30 bits per heavy atom. The van der Waals surface area contributed by atoms with E-state index in [0.29, 0.717) is 11.5 Å². The Labute approximate surface area is 136 Å². The lowest BCUT2D eigenvalue weighted by Gasteiger charge is -2.11. The van der Waals surface area contributed by atoms with Crippen LogP contribution in [0.1, 0.15) is 41.2 Å². The fraction of sp³-hybridized carbons (Fsp3) is 0.333. The van der Waals surface area contributed by atoms with Crippen molar-refractivity contribution in [3.8, 4) is 5.75 Å². The maximum Gasteiger partial charge on any atom is 0.271 e. The number of aromatic nitrogens is 1. The van der Waals surface area contributed by atoms with Crippen molar-refractivity contribution in [3.05, 3.63) is 52.8 Å². The lowest BCUT2D eigenvalue weighted by molar-refractivity contribution is 0.0955. The van der Waals surface area contributed by atoms with Crippen LogP contribution in [0.5, 0.6) is 5.75 Å². The van der Waals surface area contributed by atoms with Gasteiger partial charge in [0.2, 0.25) is 0 Å². The van der Waals surface area contributed by atoms with Crippen molar-refractivity contribution in [1.82, 2.24) is 9.99 Å². The summed E-state index contributed by atoms with van der Waals surface area (Å²) in [4.78, 5) is 11.9. The minimum Gasteiger partial charge on any atom is -0.508 e. The molecule has 5 heteroatoms. The molecule has 0 atom stereocenters. The van der Waals surface area contributed by atoms with Gasteiger partial charge in [0.1, 0.15) is 5.75 Å². The number of carbonyl (C=O) groups excluding carboxylic acids is 1. The van der Waals surface area contributed by atoms with Gasteiger partial charge < -0.3 is 9.67 Å². The van der Waals surface area contributed by atoms with Gasteiger partial charge in [0.25, 0.3) is 5.91 Å². The van der Waals surface area contributed by atoms with Gasteiger partial charge in [-0.15, -0.1) is 0 Å². The molecule has 2 N–H and O–H groups in total. The molecule has 5 nitrogen and oxygen atoms in total. The van der Waals surface area contributed by atoms with Crippen LogP contribution in [0.4, 0.5) is 0 Å². The number of phenols is 1. The Morgan fingerprint density at radius 2 is 1.96 bits per heavy atom. The first-order valence-electron chi connectivity index (χ1n) is 7.67. The summed E-state index contributed by atoms with van der Waals surface area (Å²) < 4.78 is 2.26. The van der Waals surface area contributed by atoms with Gasteiger partial charge in [-0.05, 0) is 50.1 Å². The zero-order valence-electron chi connectivity index (χ0n) is 14.0. The molecule has 2 rings (SSSR count). The largest absolute Gasteiger partial charge is 0.508 e. The molecule has 0 fully saturated rings. The number of aryl methyl sites for hydroxylation is 1. The predicted molar refractivity (Wildman–Crippen MR) is 91.9 cm³/mol. The normalized spacial score (nSPS) is 11.3. The summed E-state index contributed by atoms with van der Waals surface area (Å²) in [7, 11) is 0. The van der Waals surface area contributed by atoms with Crippen LogP contribution >= 0.6 is 0 Å². The second-order valence-electron chi connectivity index (χ2n) is 6.08. The fourth-order valence-corrected chi connectivity index (χ4v) is 2.44. The number of benzene rings is 1. The lowest BCUT2D eigenvalue weighted by Crippen LogP contribution is -2.17. The van der Waals surface area contributed by atoms with Crippen LogP contribution in [0.3, 0.4) is 0 Å². The number of amides is 1. The van der Waals surface area contributed by atoms with Gasteiger partial charge in [-0.3, -0.25) is 4.79 Å². The van der Waals surface area contributed by atoms with Crippen molar-refractivity contribution < 1.29 is 9.90 Å². The number of nitrogens with zero attached hydrogens (tertiary/aromatic N) is 2. The first-order valence-corrected chi connectivity index (χ1v) is 7.67. The van der Waals surface area contributed by atoms with Crippen LogP contribution in [0.25, 0.3) is 0 Å². The molecule has 2 aromatic rings. The van der Waals surface area contributed by atoms with E-state index in [1.165, 1.54) is 17.8 Å². The summed E-state index contributed by atoms with van der Waals surface area (Å²) in [6, 6.07) is 8.10. The van der Waals surface area contributed by atoms with Gasteiger partial charge in [0, 0.05) is 29.1 Å². The van der Waals surface area contributed by atoms with Crippen LogP contribution < -0.4 is 5.43 Å². The summed E-state index contributed by atoms with van der Waals surface area (Å²) >= 11 is 0. The van der Waals surface area contributed by atoms with E-state index < -0.39 is 0 Å². The second kappa shape index (κ2) is 7.13. The quantitative estimate of drug-likeness (QED) is 0.657. The molecule has 0 saturated carbocycles. The molecule has 0 aliphatic carbocycles. The van der Waals surface area contributed by atoms with E-state index in [1.807, 2.05) is 0 Å². The number of hydrogen-bond donors (Lipinski definition) is 2. The summed E-state index contributed by atoms with van der Waals surface area (Å²) in [6.07, 6.45) is 1.66. The van der Waals surface area contributed by atoms with Gasteiger partial charge in [0.05, 0.1) is 6.21 Å². The van der Waals surface area contributed by atoms with E-state index in [-0.39, 0.29) is 11.7 Å². The van der Waals surface area contributed by atoms with E-state index in [0.717, 1.165) is 17.8 Å². The smallest absolute Gasteiger partial charge is 0.271 e. The Bertz CT molecular complexity index is 713. The Hall–Kier alpha value is -2.56. The average Bonchev–Trinajstić information content (AvgIpc) is 2.75. The highest BCUT2D eigenvalue weighted by Gasteiger charge is 2.09. The molecule has 23 heavy (non-hydrogen) atoms. The minimum absolute atomic E-state index is 0.127. The summed E-state index contributed by atoms with van der Waals surface area (Å²) in [6.45, 7) is 9.46. The molecular formula is C18H23N3O2. The maximum absolute atomic E-state index is 11.9. The van der Waals surface area contributed by atoms with Gasteiger partial charge in [0.15, 0.2) is 0 Å². The summed E-state index contributed by atoms with van der Waals surface area (Å²) in [5.41, 5.74) is 6.27. The zero-order valence-corrected chi connectivity index (χ0v) is 14.0. The highest BCUT2D eigenvalue weighted by molar-refractivity contribution is 5.95. The number of hydrogen-bond acceptors (Lipinski definition) is 3. The van der Waals surface area contributed by atoms with E-state index in [1.54, 1.807) is 18.3 Å². The Kier molecular flexibility index (Phi) is 5.21. The van der Waals surface area contributed by atoms with E-state index in [2.05, 4.69) is 48.9 Å². The predicted octanol–water partition coefficient (Wildman–Crippen LogP) is 3.23. The Morgan fingerprint density at radius 3 is 2.57 bits per heavy atom. The molecule has 0 spiro atoms. The van der Waals surface area contributed by atoms with Crippen LogP contribution in [0.15, 0.2) is 35.4 Å². The number of phenolic OH excluding ortho intramolecular Hbond substituents is 1. The van der Waals surface area contributed by atoms with Crippen molar-refractivity contribution >= 4 is 12.1 Å².